The molecule has 1 amide bonds. The Morgan fingerprint density at radius 1 is 1.03 bits per heavy atom. The molecule has 0 saturated carbocycles. The van der Waals surface area contributed by atoms with Crippen LogP contribution in [0.25, 0.3) is 10.9 Å². The third-order valence-corrected chi connectivity index (χ3v) is 5.19. The fourth-order valence-corrected chi connectivity index (χ4v) is 3.86. The topological polar surface area (TPSA) is 81.1 Å². The minimum Gasteiger partial charge on any atom is -0.462 e. The van der Waals surface area contributed by atoms with Gasteiger partial charge in [-0.25, -0.2) is 9.59 Å². The Labute approximate surface area is 182 Å². The van der Waals surface area contributed by atoms with E-state index in [1.807, 2.05) is 56.9 Å². The lowest BCUT2D eigenvalue weighted by atomic mass is 10.1. The van der Waals surface area contributed by atoms with Crippen molar-refractivity contribution in [3.05, 3.63) is 40.2 Å². The van der Waals surface area contributed by atoms with E-state index in [2.05, 4.69) is 0 Å². The summed E-state index contributed by atoms with van der Waals surface area (Å²) in [4.78, 5) is 42.2. The van der Waals surface area contributed by atoms with Crippen molar-refractivity contribution in [1.29, 1.82) is 0 Å². The molecule has 1 aliphatic rings. The minimum atomic E-state index is -0.620. The van der Waals surface area contributed by atoms with E-state index in [9.17, 15) is 14.4 Å². The van der Waals surface area contributed by atoms with Crippen molar-refractivity contribution in [2.45, 2.75) is 46.8 Å². The number of hydrogen-bond donors (Lipinski definition) is 0. The summed E-state index contributed by atoms with van der Waals surface area (Å²) < 4.78 is 12.3. The van der Waals surface area contributed by atoms with Crippen LogP contribution >= 0.6 is 0 Å². The molecule has 0 spiro atoms. The normalized spacial score (nSPS) is 14.6. The number of amides is 1. The van der Waals surface area contributed by atoms with E-state index >= 15 is 0 Å². The number of pyridine rings is 1. The fraction of sp³-hybridized carbons (Fsp3) is 0.522. The molecule has 0 unspecified atom stereocenters. The van der Waals surface area contributed by atoms with Gasteiger partial charge in [0.25, 0.3) is 5.56 Å². The van der Waals surface area contributed by atoms with Gasteiger partial charge in [0, 0.05) is 38.1 Å². The maximum Gasteiger partial charge on any atom is 0.410 e. The van der Waals surface area contributed by atoms with Gasteiger partial charge in [0.15, 0.2) is 0 Å². The lowest BCUT2D eigenvalue weighted by Gasteiger charge is -2.37. The van der Waals surface area contributed by atoms with E-state index in [1.54, 1.807) is 16.4 Å². The van der Waals surface area contributed by atoms with Gasteiger partial charge in [0.2, 0.25) is 0 Å². The van der Waals surface area contributed by atoms with E-state index in [1.165, 1.54) is 0 Å². The van der Waals surface area contributed by atoms with Crippen LogP contribution in [0.3, 0.4) is 0 Å². The number of fused-ring (bicyclic) bond motifs is 1. The van der Waals surface area contributed by atoms with Crippen LogP contribution in [0.2, 0.25) is 0 Å². The molecule has 1 aromatic carbocycles. The molecule has 0 N–H and O–H groups in total. The van der Waals surface area contributed by atoms with Crippen LogP contribution in [0, 0.1) is 0 Å². The molecule has 8 heteroatoms. The molecule has 31 heavy (non-hydrogen) atoms. The van der Waals surface area contributed by atoms with Crippen LogP contribution in [0.4, 0.5) is 10.5 Å². The number of carbonyl (C=O) groups excluding carboxylic acids is 2. The first-order valence-corrected chi connectivity index (χ1v) is 10.7. The van der Waals surface area contributed by atoms with Crippen LogP contribution in [0.15, 0.2) is 29.1 Å². The molecule has 2 heterocycles. The quantitative estimate of drug-likeness (QED) is 0.694. The fourth-order valence-electron chi connectivity index (χ4n) is 3.86. The van der Waals surface area contributed by atoms with E-state index in [4.69, 9.17) is 9.47 Å². The highest BCUT2D eigenvalue weighted by Crippen LogP contribution is 2.30. The molecular formula is C23H31N3O5. The summed E-state index contributed by atoms with van der Waals surface area (Å²) in [5, 5.41) is 0.817. The third kappa shape index (κ3) is 4.68. The summed E-state index contributed by atoms with van der Waals surface area (Å²) in [6, 6.07) is 7.57. The molecule has 0 bridgehead atoms. The molecule has 0 aliphatic carbocycles. The largest absolute Gasteiger partial charge is 0.462 e. The van der Waals surface area contributed by atoms with Gasteiger partial charge in [-0.2, -0.15) is 0 Å². The Morgan fingerprint density at radius 2 is 1.68 bits per heavy atom. The Kier molecular flexibility index (Phi) is 6.57. The van der Waals surface area contributed by atoms with Crippen molar-refractivity contribution in [3.8, 4) is 0 Å². The zero-order valence-electron chi connectivity index (χ0n) is 18.9. The van der Waals surface area contributed by atoms with Crippen LogP contribution in [0.1, 0.15) is 45.0 Å². The summed E-state index contributed by atoms with van der Waals surface area (Å²) in [5.74, 6) is -0.620. The maximum atomic E-state index is 13.3. The van der Waals surface area contributed by atoms with E-state index in [0.29, 0.717) is 38.4 Å². The number of carbonyl (C=O) groups is 2. The zero-order valence-corrected chi connectivity index (χ0v) is 18.9. The van der Waals surface area contributed by atoms with Crippen molar-refractivity contribution in [1.82, 2.24) is 9.47 Å². The molecule has 1 fully saturated rings. The average molecular weight is 430 g/mol. The van der Waals surface area contributed by atoms with E-state index < -0.39 is 11.6 Å². The number of ether oxygens (including phenoxy) is 2. The number of piperazine rings is 1. The van der Waals surface area contributed by atoms with Crippen molar-refractivity contribution >= 4 is 28.7 Å². The Morgan fingerprint density at radius 3 is 2.26 bits per heavy atom. The van der Waals surface area contributed by atoms with Crippen LogP contribution < -0.4 is 10.5 Å². The van der Waals surface area contributed by atoms with Gasteiger partial charge in [-0.15, -0.1) is 0 Å². The summed E-state index contributed by atoms with van der Waals surface area (Å²) in [7, 11) is 0. The molecule has 1 aliphatic heterocycles. The van der Waals surface area contributed by atoms with Crippen molar-refractivity contribution in [3.63, 3.8) is 0 Å². The molecule has 1 aromatic heterocycles. The molecule has 8 nitrogen and oxygen atoms in total. The molecule has 3 rings (SSSR count). The van der Waals surface area contributed by atoms with Gasteiger partial charge in [-0.1, -0.05) is 18.2 Å². The predicted octanol–water partition coefficient (Wildman–Crippen LogP) is 3.26. The Hall–Kier alpha value is -3.03. The summed E-state index contributed by atoms with van der Waals surface area (Å²) in [5.41, 5.74) is 0.476. The highest BCUT2D eigenvalue weighted by Gasteiger charge is 2.31. The van der Waals surface area contributed by atoms with Crippen molar-refractivity contribution in [2.24, 2.45) is 0 Å². The third-order valence-electron chi connectivity index (χ3n) is 5.19. The second-order valence-electron chi connectivity index (χ2n) is 8.47. The second kappa shape index (κ2) is 8.99. The number of anilines is 1. The van der Waals surface area contributed by atoms with Crippen LogP contribution in [0.5, 0.6) is 0 Å². The van der Waals surface area contributed by atoms with Crippen LogP contribution in [-0.4, -0.2) is 59.9 Å². The SMILES string of the molecule is CCOC(=O)c1c(N2CCN(C(=O)OC(C)(C)C)CC2)c2ccccc2n(CC)c1=O. The Balaban J connectivity index is 2.02. The Bertz CT molecular complexity index is 1030. The summed E-state index contributed by atoms with van der Waals surface area (Å²) in [6.07, 6.45) is -0.357. The summed E-state index contributed by atoms with van der Waals surface area (Å²) >= 11 is 0. The lowest BCUT2D eigenvalue weighted by Crippen LogP contribution is -2.51. The first kappa shape index (κ1) is 22.7. The van der Waals surface area contributed by atoms with E-state index in [-0.39, 0.29) is 23.8 Å². The second-order valence-corrected chi connectivity index (χ2v) is 8.47. The number of hydrogen-bond acceptors (Lipinski definition) is 6. The van der Waals surface area contributed by atoms with Gasteiger partial charge in [-0.05, 0) is 40.7 Å². The molecule has 0 atom stereocenters. The van der Waals surface area contributed by atoms with Crippen LogP contribution in [-0.2, 0) is 16.0 Å². The van der Waals surface area contributed by atoms with Crippen molar-refractivity contribution in [2.75, 3.05) is 37.7 Å². The number of para-hydroxylation sites is 1. The molecule has 1 saturated heterocycles. The molecule has 168 valence electrons. The highest BCUT2D eigenvalue weighted by atomic mass is 16.6. The maximum absolute atomic E-state index is 13.3. The first-order valence-electron chi connectivity index (χ1n) is 10.7. The minimum absolute atomic E-state index is 0.0492. The predicted molar refractivity (Wildman–Crippen MR) is 120 cm³/mol. The molecule has 0 radical (unpaired) electrons. The number of rotatable bonds is 4. The number of esters is 1. The zero-order chi connectivity index (χ0) is 22.8. The molecular weight excluding hydrogens is 398 g/mol. The number of benzene rings is 1. The van der Waals surface area contributed by atoms with Gasteiger partial charge >= 0.3 is 12.1 Å². The van der Waals surface area contributed by atoms with Crippen molar-refractivity contribution < 1.29 is 19.1 Å². The average Bonchev–Trinajstić information content (AvgIpc) is 2.72. The van der Waals surface area contributed by atoms with Gasteiger partial charge in [-0.3, -0.25) is 4.79 Å². The smallest absolute Gasteiger partial charge is 0.410 e. The van der Waals surface area contributed by atoms with Gasteiger partial charge < -0.3 is 23.8 Å². The monoisotopic (exact) mass is 429 g/mol. The van der Waals surface area contributed by atoms with Gasteiger partial charge in [0.1, 0.15) is 11.2 Å². The number of aromatic nitrogens is 1. The number of aryl methyl sites for hydroxylation is 1. The summed E-state index contributed by atoms with van der Waals surface area (Å²) in [6.45, 7) is 11.5. The first-order chi connectivity index (χ1) is 14.7. The van der Waals surface area contributed by atoms with Gasteiger partial charge in [0.05, 0.1) is 17.8 Å². The molecule has 2 aromatic rings. The lowest BCUT2D eigenvalue weighted by molar-refractivity contribution is 0.0239. The standard InChI is InChI=1S/C23H31N3O5/c1-6-26-17-11-9-8-10-16(17)19(18(20(26)27)21(28)30-7-2)24-12-14-25(15-13-24)22(29)31-23(3,4)5/h8-11H,6-7,12-15H2,1-5H3. The highest BCUT2D eigenvalue weighted by molar-refractivity contribution is 6.05. The van der Waals surface area contributed by atoms with E-state index in [0.717, 1.165) is 10.9 Å². The number of nitrogens with zero attached hydrogens (tertiary/aromatic N) is 3.